The Morgan fingerprint density at radius 3 is 2.27 bits per heavy atom. The van der Waals surface area contributed by atoms with Crippen molar-refractivity contribution in [3.05, 3.63) is 25.5 Å². The van der Waals surface area contributed by atoms with Crippen LogP contribution < -0.4 is 0 Å². The van der Waals surface area contributed by atoms with Crippen molar-refractivity contribution in [1.29, 1.82) is 0 Å². The molecule has 0 bridgehead atoms. The first-order chi connectivity index (χ1) is 4.62. The zero-order valence-corrected chi connectivity index (χ0v) is 6.63. The van der Waals surface area contributed by atoms with Crippen LogP contribution in [0.1, 0.15) is 0 Å². The van der Waals surface area contributed by atoms with Gasteiger partial charge in [0.1, 0.15) is 6.26 Å². The summed E-state index contributed by atoms with van der Waals surface area (Å²) >= 11 is 0. The molecular weight excluding hydrogens is 172 g/mol. The van der Waals surface area contributed by atoms with Crippen LogP contribution in [-0.2, 0) is 18.8 Å². The molecule has 0 aliphatic carbocycles. The minimum atomic E-state index is -3.88. The van der Waals surface area contributed by atoms with E-state index >= 15 is 0 Å². The van der Waals surface area contributed by atoms with Crippen molar-refractivity contribution in [3.63, 3.8) is 0 Å². The molecular formula is C5H10O5S. The smallest absolute Gasteiger partial charge is 0.412 e. The number of hydrogen-bond donors (Lipinski definition) is 0. The van der Waals surface area contributed by atoms with Crippen LogP contribution in [0.3, 0.4) is 0 Å². The third kappa shape index (κ3) is 7.04. The summed E-state index contributed by atoms with van der Waals surface area (Å²) in [6.07, 6.45) is 2.07. The highest BCUT2D eigenvalue weighted by atomic mass is 32.3. The van der Waals surface area contributed by atoms with E-state index in [4.69, 9.17) is 0 Å². The van der Waals surface area contributed by atoms with Gasteiger partial charge in [-0.1, -0.05) is 12.7 Å². The van der Waals surface area contributed by atoms with E-state index in [0.717, 1.165) is 6.26 Å². The van der Waals surface area contributed by atoms with Gasteiger partial charge in [-0.25, -0.2) is 4.18 Å². The molecule has 0 aromatic carbocycles. The van der Waals surface area contributed by atoms with E-state index < -0.39 is 10.4 Å². The zero-order chi connectivity index (χ0) is 8.04. The Kier molecular flexibility index (Phi) is 6.86. The van der Waals surface area contributed by atoms with Crippen molar-refractivity contribution >= 4 is 10.4 Å². The second-order valence-electron chi connectivity index (χ2n) is 1.24. The Bertz CT molecular complexity index is 205. The Hall–Kier alpha value is -0.850. The van der Waals surface area contributed by atoms with Gasteiger partial charge in [-0.05, 0) is 0 Å². The summed E-state index contributed by atoms with van der Waals surface area (Å²) in [6, 6.07) is 0. The minimum Gasteiger partial charge on any atom is -0.412 e. The molecule has 0 amide bonds. The first-order valence-electron chi connectivity index (χ1n) is 2.42. The van der Waals surface area contributed by atoms with Crippen molar-refractivity contribution in [3.8, 4) is 0 Å². The van der Waals surface area contributed by atoms with Gasteiger partial charge >= 0.3 is 10.4 Å². The van der Waals surface area contributed by atoms with Crippen molar-refractivity contribution in [2.45, 2.75) is 0 Å². The van der Waals surface area contributed by atoms with E-state index in [2.05, 4.69) is 21.5 Å². The lowest BCUT2D eigenvalue weighted by Gasteiger charge is -1.98. The topological polar surface area (TPSA) is 84.1 Å². The summed E-state index contributed by atoms with van der Waals surface area (Å²) in [7, 11) is -3.88. The fourth-order valence-corrected chi connectivity index (χ4v) is 0.728. The predicted octanol–water partition coefficient (Wildman–Crippen LogP) is -0.231. The quantitative estimate of drug-likeness (QED) is 0.434. The van der Waals surface area contributed by atoms with Gasteiger partial charge in [0.15, 0.2) is 0 Å². The van der Waals surface area contributed by atoms with Gasteiger partial charge in [0, 0.05) is 0 Å². The van der Waals surface area contributed by atoms with E-state index in [1.165, 1.54) is 6.08 Å². The Labute approximate surface area is 65.6 Å². The average Bonchev–Trinajstić information content (AvgIpc) is 1.84. The second kappa shape index (κ2) is 5.90. The van der Waals surface area contributed by atoms with Crippen LogP contribution in [-0.4, -0.2) is 20.5 Å². The summed E-state index contributed by atoms with van der Waals surface area (Å²) in [5.74, 6) is 0. The normalized spacial score (nSPS) is 9.45. The number of rotatable bonds is 5. The van der Waals surface area contributed by atoms with Crippen molar-refractivity contribution in [2.24, 2.45) is 0 Å². The molecule has 0 rings (SSSR count). The largest absolute Gasteiger partial charge is 0.448 e. The van der Waals surface area contributed by atoms with E-state index in [1.807, 2.05) is 0 Å². The van der Waals surface area contributed by atoms with Gasteiger partial charge in [0.2, 0.25) is 0 Å². The Balaban J connectivity index is 0. The van der Waals surface area contributed by atoms with Crippen molar-refractivity contribution in [1.82, 2.24) is 0 Å². The maximum Gasteiger partial charge on any atom is 0.448 e. The fourth-order valence-electron chi connectivity index (χ4n) is 0.243. The lowest BCUT2D eigenvalue weighted by molar-refractivity contribution is 0.284. The van der Waals surface area contributed by atoms with Crippen molar-refractivity contribution < 1.29 is 22.3 Å². The summed E-state index contributed by atoms with van der Waals surface area (Å²) in [5.41, 5.74) is 0. The van der Waals surface area contributed by atoms with Gasteiger partial charge in [0.05, 0.1) is 6.61 Å². The first-order valence-corrected chi connectivity index (χ1v) is 3.75. The van der Waals surface area contributed by atoms with Crippen LogP contribution in [0.2, 0.25) is 0 Å². The Morgan fingerprint density at radius 1 is 1.36 bits per heavy atom. The van der Waals surface area contributed by atoms with E-state index in [1.54, 1.807) is 0 Å². The molecule has 0 fully saturated rings. The third-order valence-corrected chi connectivity index (χ3v) is 1.31. The summed E-state index contributed by atoms with van der Waals surface area (Å²) < 4.78 is 29.0. The van der Waals surface area contributed by atoms with Crippen LogP contribution in [0.25, 0.3) is 0 Å². The predicted molar refractivity (Wildman–Crippen MR) is 40.0 cm³/mol. The van der Waals surface area contributed by atoms with Crippen molar-refractivity contribution in [2.75, 3.05) is 6.61 Å². The standard InChI is InChI=1S/C5H8O4S.H2O/c1-3-5-9-10(6,7)8-4-2;/h3-4H,1-2,5H2;1H2. The number of hydrogen-bond acceptors (Lipinski definition) is 4. The molecule has 0 spiro atoms. The summed E-state index contributed by atoms with van der Waals surface area (Å²) in [5, 5.41) is 0. The minimum absolute atomic E-state index is 0. The highest BCUT2D eigenvalue weighted by Gasteiger charge is 2.07. The van der Waals surface area contributed by atoms with Gasteiger partial charge in [-0.15, -0.1) is 6.58 Å². The Morgan fingerprint density at radius 2 is 1.91 bits per heavy atom. The molecule has 0 aliphatic heterocycles. The van der Waals surface area contributed by atoms with E-state index in [0.29, 0.717) is 0 Å². The molecule has 66 valence electrons. The fraction of sp³-hybridized carbons (Fsp3) is 0.200. The van der Waals surface area contributed by atoms with Crippen LogP contribution in [0.4, 0.5) is 0 Å². The van der Waals surface area contributed by atoms with Crippen LogP contribution in [0, 0.1) is 0 Å². The summed E-state index contributed by atoms with van der Waals surface area (Å²) in [4.78, 5) is 0. The van der Waals surface area contributed by atoms with Crippen LogP contribution in [0.15, 0.2) is 25.5 Å². The molecule has 0 unspecified atom stereocenters. The molecule has 0 radical (unpaired) electrons. The zero-order valence-electron chi connectivity index (χ0n) is 5.82. The summed E-state index contributed by atoms with van der Waals surface area (Å²) in [6.45, 7) is 6.20. The highest BCUT2D eigenvalue weighted by molar-refractivity contribution is 7.81. The molecule has 5 nitrogen and oxygen atoms in total. The average molecular weight is 182 g/mol. The molecule has 2 N–H and O–H groups in total. The molecule has 6 heteroatoms. The van der Waals surface area contributed by atoms with Gasteiger partial charge in [-0.3, -0.25) is 0 Å². The second-order valence-corrected chi connectivity index (χ2v) is 2.49. The van der Waals surface area contributed by atoms with Crippen LogP contribution in [0.5, 0.6) is 0 Å². The first kappa shape index (κ1) is 12.8. The SMILES string of the molecule is C=CCOS(=O)(=O)OC=C.O. The molecule has 11 heavy (non-hydrogen) atoms. The maximum absolute atomic E-state index is 10.4. The molecule has 0 saturated heterocycles. The lowest BCUT2D eigenvalue weighted by Crippen LogP contribution is -2.06. The molecule has 0 saturated carbocycles. The van der Waals surface area contributed by atoms with Crippen LogP contribution >= 0.6 is 0 Å². The third-order valence-electron chi connectivity index (χ3n) is 0.516. The highest BCUT2D eigenvalue weighted by Crippen LogP contribution is 1.94. The monoisotopic (exact) mass is 182 g/mol. The van der Waals surface area contributed by atoms with Gasteiger partial charge in [0.25, 0.3) is 0 Å². The maximum atomic E-state index is 10.4. The van der Waals surface area contributed by atoms with E-state index in [9.17, 15) is 8.42 Å². The molecule has 0 aromatic rings. The molecule has 0 aliphatic rings. The molecule has 0 heterocycles. The van der Waals surface area contributed by atoms with Gasteiger partial charge < -0.3 is 9.66 Å². The van der Waals surface area contributed by atoms with Gasteiger partial charge in [-0.2, -0.15) is 8.42 Å². The lowest BCUT2D eigenvalue weighted by atomic mass is 10.7. The molecule has 0 atom stereocenters. The molecule has 0 aromatic heterocycles. The van der Waals surface area contributed by atoms with E-state index in [-0.39, 0.29) is 12.1 Å².